The van der Waals surface area contributed by atoms with Crippen molar-refractivity contribution in [2.24, 2.45) is 0 Å². The summed E-state index contributed by atoms with van der Waals surface area (Å²) >= 11 is 0. The molecule has 0 fully saturated rings. The second kappa shape index (κ2) is 4.28. The van der Waals surface area contributed by atoms with E-state index < -0.39 is 24.2 Å². The van der Waals surface area contributed by atoms with E-state index in [1.807, 2.05) is 5.32 Å². The lowest BCUT2D eigenvalue weighted by molar-refractivity contribution is -0.174. The van der Waals surface area contributed by atoms with E-state index in [1.165, 1.54) is 0 Å². The third kappa shape index (κ3) is 2.33. The van der Waals surface area contributed by atoms with Crippen molar-refractivity contribution in [1.82, 2.24) is 5.32 Å². The quantitative estimate of drug-likeness (QED) is 0.812. The van der Waals surface area contributed by atoms with E-state index in [1.54, 1.807) is 25.1 Å². The number of carbonyl (C=O) groups is 1. The molecule has 1 amide bonds. The maximum absolute atomic E-state index is 12.2. The van der Waals surface area contributed by atoms with Gasteiger partial charge in [0.25, 0.3) is 0 Å². The number of aliphatic hydroxyl groups is 1. The van der Waals surface area contributed by atoms with Crippen molar-refractivity contribution in [2.75, 3.05) is 0 Å². The van der Waals surface area contributed by atoms with Gasteiger partial charge in [-0.15, -0.1) is 0 Å². The van der Waals surface area contributed by atoms with E-state index >= 15 is 0 Å². The molecule has 1 aliphatic carbocycles. The molecule has 0 saturated heterocycles. The Hall–Kier alpha value is -1.56. The number of benzene rings is 1. The van der Waals surface area contributed by atoms with Crippen LogP contribution >= 0.6 is 0 Å². The van der Waals surface area contributed by atoms with Crippen LogP contribution in [0.1, 0.15) is 35.3 Å². The topological polar surface area (TPSA) is 49.3 Å². The van der Waals surface area contributed by atoms with Gasteiger partial charge >= 0.3 is 12.1 Å². The lowest BCUT2D eigenvalue weighted by Crippen LogP contribution is -2.38. The summed E-state index contributed by atoms with van der Waals surface area (Å²) in [4.78, 5) is 10.9. The molecule has 98 valence electrons. The minimum absolute atomic E-state index is 0.0700. The first kappa shape index (κ1) is 12.9. The van der Waals surface area contributed by atoms with Gasteiger partial charge < -0.3 is 10.4 Å². The molecule has 0 bridgehead atoms. The van der Waals surface area contributed by atoms with Crippen molar-refractivity contribution in [3.05, 3.63) is 34.9 Å². The Morgan fingerprint density at radius 1 is 1.39 bits per heavy atom. The standard InChI is InChI=1S/C12H12F3NO2/c1-6-2-3-7-8(4-6)9(5-10(7)17)16-11(18)12(13,14)15/h2-4,9-10,17H,5H2,1H3,(H,16,18)/t9-,10+/m0/s1. The molecule has 6 heteroatoms. The van der Waals surface area contributed by atoms with Crippen LogP contribution in [-0.2, 0) is 4.79 Å². The number of hydrogen-bond donors (Lipinski definition) is 2. The van der Waals surface area contributed by atoms with Crippen LogP contribution in [0.4, 0.5) is 13.2 Å². The highest BCUT2D eigenvalue weighted by Crippen LogP contribution is 2.39. The number of amides is 1. The fraction of sp³-hybridized carbons (Fsp3) is 0.417. The van der Waals surface area contributed by atoms with Crippen molar-refractivity contribution in [3.8, 4) is 0 Å². The maximum Gasteiger partial charge on any atom is 0.471 e. The fourth-order valence-electron chi connectivity index (χ4n) is 2.15. The van der Waals surface area contributed by atoms with Crippen LogP contribution in [0.5, 0.6) is 0 Å². The summed E-state index contributed by atoms with van der Waals surface area (Å²) < 4.78 is 36.5. The van der Waals surface area contributed by atoms with Gasteiger partial charge in [-0.25, -0.2) is 0 Å². The predicted octanol–water partition coefficient (Wildman–Crippen LogP) is 2.15. The Balaban J connectivity index is 2.24. The number of nitrogens with one attached hydrogen (secondary N) is 1. The molecule has 0 aromatic heterocycles. The summed E-state index contributed by atoms with van der Waals surface area (Å²) in [7, 11) is 0. The van der Waals surface area contributed by atoms with Crippen molar-refractivity contribution >= 4 is 5.91 Å². The molecule has 3 nitrogen and oxygen atoms in total. The van der Waals surface area contributed by atoms with E-state index in [9.17, 15) is 23.1 Å². The number of halogens is 3. The molecule has 1 aromatic carbocycles. The second-order valence-electron chi connectivity index (χ2n) is 4.41. The third-order valence-electron chi connectivity index (χ3n) is 3.00. The Morgan fingerprint density at radius 3 is 2.67 bits per heavy atom. The van der Waals surface area contributed by atoms with Crippen LogP contribution in [0.3, 0.4) is 0 Å². The average molecular weight is 259 g/mol. The second-order valence-corrected chi connectivity index (χ2v) is 4.41. The highest BCUT2D eigenvalue weighted by Gasteiger charge is 2.41. The van der Waals surface area contributed by atoms with Gasteiger partial charge in [0.15, 0.2) is 0 Å². The van der Waals surface area contributed by atoms with Gasteiger partial charge in [-0.05, 0) is 18.1 Å². The molecule has 0 heterocycles. The van der Waals surface area contributed by atoms with Gasteiger partial charge in [-0.1, -0.05) is 23.8 Å². The summed E-state index contributed by atoms with van der Waals surface area (Å²) in [6.07, 6.45) is -5.67. The molecule has 0 radical (unpaired) electrons. The fourth-order valence-corrected chi connectivity index (χ4v) is 2.15. The molecular formula is C12H12F3NO2. The molecule has 2 rings (SSSR count). The first-order valence-electron chi connectivity index (χ1n) is 5.45. The summed E-state index contributed by atoms with van der Waals surface area (Å²) in [6.45, 7) is 1.80. The third-order valence-corrected chi connectivity index (χ3v) is 3.00. The number of aliphatic hydroxyl groups excluding tert-OH is 1. The molecule has 2 atom stereocenters. The monoisotopic (exact) mass is 259 g/mol. The highest BCUT2D eigenvalue weighted by atomic mass is 19.4. The molecular weight excluding hydrogens is 247 g/mol. The molecule has 0 aliphatic heterocycles. The van der Waals surface area contributed by atoms with Crippen LogP contribution in [0.15, 0.2) is 18.2 Å². The summed E-state index contributed by atoms with van der Waals surface area (Å²) in [5.74, 6) is -1.98. The summed E-state index contributed by atoms with van der Waals surface area (Å²) in [6, 6.07) is 4.35. The molecule has 1 aromatic rings. The van der Waals surface area contributed by atoms with Gasteiger partial charge in [-0.2, -0.15) is 13.2 Å². The predicted molar refractivity (Wildman–Crippen MR) is 57.7 cm³/mol. The van der Waals surface area contributed by atoms with Gasteiger partial charge in [0.05, 0.1) is 12.1 Å². The Bertz CT molecular complexity index is 485. The maximum atomic E-state index is 12.2. The molecule has 0 unspecified atom stereocenters. The van der Waals surface area contributed by atoms with E-state index in [0.717, 1.165) is 5.56 Å². The van der Waals surface area contributed by atoms with Crippen LogP contribution in [0.25, 0.3) is 0 Å². The molecule has 18 heavy (non-hydrogen) atoms. The van der Waals surface area contributed by atoms with E-state index in [2.05, 4.69) is 0 Å². The smallest absolute Gasteiger partial charge is 0.388 e. The minimum Gasteiger partial charge on any atom is -0.388 e. The van der Waals surface area contributed by atoms with Gasteiger partial charge in [-0.3, -0.25) is 4.79 Å². The van der Waals surface area contributed by atoms with Gasteiger partial charge in [0.1, 0.15) is 0 Å². The zero-order valence-electron chi connectivity index (χ0n) is 9.58. The number of hydrogen-bond acceptors (Lipinski definition) is 2. The molecule has 0 saturated carbocycles. The number of carbonyl (C=O) groups excluding carboxylic acids is 1. The van der Waals surface area contributed by atoms with Crippen molar-refractivity contribution in [2.45, 2.75) is 31.7 Å². The van der Waals surface area contributed by atoms with E-state index in [-0.39, 0.29) is 6.42 Å². The Labute approximate surface area is 102 Å². The zero-order chi connectivity index (χ0) is 13.5. The largest absolute Gasteiger partial charge is 0.471 e. The van der Waals surface area contributed by atoms with E-state index in [4.69, 9.17) is 0 Å². The number of alkyl halides is 3. The molecule has 2 N–H and O–H groups in total. The first-order chi connectivity index (χ1) is 8.29. The zero-order valence-corrected chi connectivity index (χ0v) is 9.58. The molecule has 1 aliphatic rings. The van der Waals surface area contributed by atoms with Crippen LogP contribution in [0, 0.1) is 6.92 Å². The van der Waals surface area contributed by atoms with Crippen LogP contribution < -0.4 is 5.32 Å². The van der Waals surface area contributed by atoms with Crippen molar-refractivity contribution in [3.63, 3.8) is 0 Å². The summed E-state index contributed by atoms with van der Waals surface area (Å²) in [5.41, 5.74) is 2.00. The number of rotatable bonds is 1. The van der Waals surface area contributed by atoms with Crippen LogP contribution in [-0.4, -0.2) is 17.2 Å². The molecule has 0 spiro atoms. The van der Waals surface area contributed by atoms with Gasteiger partial charge in [0, 0.05) is 6.42 Å². The van der Waals surface area contributed by atoms with Crippen molar-refractivity contribution in [1.29, 1.82) is 0 Å². The van der Waals surface area contributed by atoms with Gasteiger partial charge in [0.2, 0.25) is 0 Å². The lowest BCUT2D eigenvalue weighted by Gasteiger charge is -2.15. The highest BCUT2D eigenvalue weighted by molar-refractivity contribution is 5.82. The number of aryl methyl sites for hydroxylation is 1. The minimum atomic E-state index is -4.91. The Kier molecular flexibility index (Phi) is 3.06. The normalized spacial score (nSPS) is 22.7. The lowest BCUT2D eigenvalue weighted by atomic mass is 10.0. The van der Waals surface area contributed by atoms with E-state index in [0.29, 0.717) is 11.1 Å². The SMILES string of the molecule is Cc1ccc2c(c1)[C@@H](NC(=O)C(F)(F)F)C[C@H]2O. The Morgan fingerprint density at radius 2 is 2.06 bits per heavy atom. The summed E-state index contributed by atoms with van der Waals surface area (Å²) in [5, 5.41) is 11.6. The average Bonchev–Trinajstić information content (AvgIpc) is 2.54. The van der Waals surface area contributed by atoms with Crippen LogP contribution in [0.2, 0.25) is 0 Å². The van der Waals surface area contributed by atoms with Crippen molar-refractivity contribution < 1.29 is 23.1 Å². The first-order valence-corrected chi connectivity index (χ1v) is 5.45. The number of fused-ring (bicyclic) bond motifs is 1.